The Labute approximate surface area is 99.1 Å². The number of anilines is 1. The van der Waals surface area contributed by atoms with Gasteiger partial charge >= 0.3 is 0 Å². The highest BCUT2D eigenvalue weighted by Crippen LogP contribution is 2.30. The molecule has 1 aromatic carbocycles. The van der Waals surface area contributed by atoms with Gasteiger partial charge in [0.15, 0.2) is 0 Å². The minimum absolute atomic E-state index is 0.0207. The lowest BCUT2D eigenvalue weighted by Crippen LogP contribution is -2.30. The van der Waals surface area contributed by atoms with Crippen LogP contribution in [-0.4, -0.2) is 16.2 Å². The van der Waals surface area contributed by atoms with Crippen molar-refractivity contribution in [1.29, 1.82) is 0 Å². The molecule has 1 aliphatic carbocycles. The van der Waals surface area contributed by atoms with Crippen LogP contribution in [0.1, 0.15) is 19.3 Å². The first-order valence-corrected chi connectivity index (χ1v) is 5.50. The Morgan fingerprint density at radius 2 is 2.06 bits per heavy atom. The SMILES string of the molecule is C=C1CCCC1N(O)c1ccc([N+](=O)[O-])cc1. The van der Waals surface area contributed by atoms with Crippen LogP contribution in [0.15, 0.2) is 36.4 Å². The zero-order chi connectivity index (χ0) is 12.4. The molecule has 0 saturated heterocycles. The molecule has 1 aliphatic rings. The Morgan fingerprint density at radius 1 is 1.41 bits per heavy atom. The van der Waals surface area contributed by atoms with Crippen molar-refractivity contribution in [2.75, 3.05) is 5.06 Å². The second kappa shape index (κ2) is 4.55. The van der Waals surface area contributed by atoms with Crippen molar-refractivity contribution in [3.05, 3.63) is 46.5 Å². The predicted octanol–water partition coefficient (Wildman–Crippen LogP) is 2.90. The summed E-state index contributed by atoms with van der Waals surface area (Å²) >= 11 is 0. The molecule has 1 unspecified atom stereocenters. The van der Waals surface area contributed by atoms with Gasteiger partial charge in [0.05, 0.1) is 16.7 Å². The van der Waals surface area contributed by atoms with Crippen molar-refractivity contribution in [1.82, 2.24) is 0 Å². The number of hydrogen-bond acceptors (Lipinski definition) is 4. The number of nitro groups is 1. The number of hydroxylamine groups is 1. The molecular formula is C12H14N2O3. The minimum atomic E-state index is -0.458. The van der Waals surface area contributed by atoms with Gasteiger partial charge in [0.1, 0.15) is 0 Å². The van der Waals surface area contributed by atoms with Gasteiger partial charge in [-0.05, 0) is 31.4 Å². The van der Waals surface area contributed by atoms with Crippen molar-refractivity contribution < 1.29 is 10.1 Å². The number of nitrogens with zero attached hydrogens (tertiary/aromatic N) is 2. The first-order chi connectivity index (χ1) is 8.09. The number of hydrogen-bond donors (Lipinski definition) is 1. The third kappa shape index (κ3) is 2.29. The molecule has 0 aliphatic heterocycles. The van der Waals surface area contributed by atoms with Gasteiger partial charge in [-0.25, -0.2) is 5.06 Å². The molecular weight excluding hydrogens is 220 g/mol. The van der Waals surface area contributed by atoms with Gasteiger partial charge < -0.3 is 0 Å². The summed E-state index contributed by atoms with van der Waals surface area (Å²) in [6.45, 7) is 3.92. The van der Waals surface area contributed by atoms with Crippen molar-refractivity contribution in [2.24, 2.45) is 0 Å². The molecule has 1 aromatic rings. The molecule has 0 heterocycles. The van der Waals surface area contributed by atoms with E-state index in [0.717, 1.165) is 29.9 Å². The van der Waals surface area contributed by atoms with Crippen LogP contribution in [0.25, 0.3) is 0 Å². The fourth-order valence-electron chi connectivity index (χ4n) is 2.10. The Hall–Kier alpha value is -1.88. The lowest BCUT2D eigenvalue weighted by molar-refractivity contribution is -0.384. The lowest BCUT2D eigenvalue weighted by atomic mass is 10.1. The highest BCUT2D eigenvalue weighted by atomic mass is 16.6. The van der Waals surface area contributed by atoms with Crippen LogP contribution in [0, 0.1) is 10.1 Å². The number of nitro benzene ring substituents is 1. The second-order valence-electron chi connectivity index (χ2n) is 4.18. The summed E-state index contributed by atoms with van der Waals surface area (Å²) in [7, 11) is 0. The van der Waals surface area contributed by atoms with Gasteiger partial charge in [0.25, 0.3) is 5.69 Å². The maximum Gasteiger partial charge on any atom is 0.269 e. The average molecular weight is 234 g/mol. The smallest absolute Gasteiger partial charge is 0.269 e. The van der Waals surface area contributed by atoms with E-state index in [9.17, 15) is 15.3 Å². The van der Waals surface area contributed by atoms with Crippen LogP contribution in [-0.2, 0) is 0 Å². The maximum atomic E-state index is 10.5. The quantitative estimate of drug-likeness (QED) is 0.496. The molecule has 1 N–H and O–H groups in total. The van der Waals surface area contributed by atoms with Crippen molar-refractivity contribution in [3.63, 3.8) is 0 Å². The average Bonchev–Trinajstić information content (AvgIpc) is 2.74. The monoisotopic (exact) mass is 234 g/mol. The molecule has 0 amide bonds. The lowest BCUT2D eigenvalue weighted by Gasteiger charge is -2.24. The zero-order valence-electron chi connectivity index (χ0n) is 9.37. The van der Waals surface area contributed by atoms with Gasteiger partial charge in [0, 0.05) is 12.1 Å². The van der Waals surface area contributed by atoms with E-state index < -0.39 is 4.92 Å². The van der Waals surface area contributed by atoms with Gasteiger partial charge in [0.2, 0.25) is 0 Å². The van der Waals surface area contributed by atoms with E-state index in [2.05, 4.69) is 6.58 Å². The Kier molecular flexibility index (Phi) is 3.10. The normalized spacial score (nSPS) is 19.4. The van der Waals surface area contributed by atoms with Gasteiger partial charge in [-0.2, -0.15) is 0 Å². The fraction of sp³-hybridized carbons (Fsp3) is 0.333. The molecule has 5 nitrogen and oxygen atoms in total. The highest BCUT2D eigenvalue weighted by molar-refractivity contribution is 5.50. The molecule has 0 aromatic heterocycles. The summed E-state index contributed by atoms with van der Waals surface area (Å²) in [5.41, 5.74) is 1.59. The molecule has 0 bridgehead atoms. The first kappa shape index (κ1) is 11.6. The number of benzene rings is 1. The Balaban J connectivity index is 2.16. The van der Waals surface area contributed by atoms with Crippen molar-refractivity contribution in [3.8, 4) is 0 Å². The molecule has 0 radical (unpaired) electrons. The Bertz CT molecular complexity index is 442. The molecule has 1 saturated carbocycles. The standard InChI is InChI=1S/C12H14N2O3/c1-9-3-2-4-12(9)13(15)10-5-7-11(8-6-10)14(16)17/h5-8,12,15H,1-4H2. The van der Waals surface area contributed by atoms with E-state index in [4.69, 9.17) is 0 Å². The van der Waals surface area contributed by atoms with Crippen molar-refractivity contribution in [2.45, 2.75) is 25.3 Å². The van der Waals surface area contributed by atoms with Gasteiger partial charge in [-0.1, -0.05) is 12.2 Å². The summed E-state index contributed by atoms with van der Waals surface area (Å²) in [6, 6.07) is 5.79. The number of rotatable bonds is 3. The minimum Gasteiger partial charge on any atom is -0.288 e. The molecule has 5 heteroatoms. The second-order valence-corrected chi connectivity index (χ2v) is 4.18. The van der Waals surface area contributed by atoms with Crippen LogP contribution < -0.4 is 5.06 Å². The van der Waals surface area contributed by atoms with Crippen LogP contribution in [0.5, 0.6) is 0 Å². The van der Waals surface area contributed by atoms with Gasteiger partial charge in [-0.15, -0.1) is 0 Å². The maximum absolute atomic E-state index is 10.5. The Morgan fingerprint density at radius 3 is 2.53 bits per heavy atom. The van der Waals surface area contributed by atoms with E-state index in [1.807, 2.05) is 0 Å². The highest BCUT2D eigenvalue weighted by Gasteiger charge is 2.25. The van der Waals surface area contributed by atoms with Crippen LogP contribution >= 0.6 is 0 Å². The summed E-state index contributed by atoms with van der Waals surface area (Å²) in [5, 5.41) is 21.7. The van der Waals surface area contributed by atoms with E-state index in [-0.39, 0.29) is 11.7 Å². The van der Waals surface area contributed by atoms with Gasteiger partial charge in [-0.3, -0.25) is 15.3 Å². The summed E-state index contributed by atoms with van der Waals surface area (Å²) < 4.78 is 0. The van der Waals surface area contributed by atoms with E-state index >= 15 is 0 Å². The summed E-state index contributed by atoms with van der Waals surface area (Å²) in [6.07, 6.45) is 2.81. The topological polar surface area (TPSA) is 66.6 Å². The predicted molar refractivity (Wildman–Crippen MR) is 64.1 cm³/mol. The molecule has 17 heavy (non-hydrogen) atoms. The summed E-state index contributed by atoms with van der Waals surface area (Å²) in [4.78, 5) is 10.0. The zero-order valence-corrected chi connectivity index (χ0v) is 9.37. The largest absolute Gasteiger partial charge is 0.288 e. The van der Waals surface area contributed by atoms with Crippen LogP contribution in [0.2, 0.25) is 0 Å². The third-order valence-electron chi connectivity index (χ3n) is 3.07. The molecule has 1 atom stereocenters. The molecule has 0 spiro atoms. The number of non-ortho nitro benzene ring substituents is 1. The van der Waals surface area contributed by atoms with E-state index in [0.29, 0.717) is 5.69 Å². The van der Waals surface area contributed by atoms with Crippen LogP contribution in [0.3, 0.4) is 0 Å². The summed E-state index contributed by atoms with van der Waals surface area (Å²) in [5.74, 6) is 0. The van der Waals surface area contributed by atoms with Crippen molar-refractivity contribution >= 4 is 11.4 Å². The first-order valence-electron chi connectivity index (χ1n) is 5.50. The van der Waals surface area contributed by atoms with E-state index in [1.54, 1.807) is 12.1 Å². The van der Waals surface area contributed by atoms with E-state index in [1.165, 1.54) is 12.1 Å². The van der Waals surface area contributed by atoms with Crippen LogP contribution in [0.4, 0.5) is 11.4 Å². The fourth-order valence-corrected chi connectivity index (χ4v) is 2.10. The molecule has 1 fully saturated rings. The molecule has 2 rings (SSSR count). The third-order valence-corrected chi connectivity index (χ3v) is 3.07. The molecule has 90 valence electrons.